The van der Waals surface area contributed by atoms with Gasteiger partial charge in [0.2, 0.25) is 11.7 Å². The Morgan fingerprint density at radius 1 is 1.35 bits per heavy atom. The van der Waals surface area contributed by atoms with E-state index >= 15 is 0 Å². The van der Waals surface area contributed by atoms with Crippen molar-refractivity contribution in [1.82, 2.24) is 15.5 Å². The molecule has 0 aliphatic heterocycles. The van der Waals surface area contributed by atoms with Crippen molar-refractivity contribution in [1.29, 1.82) is 0 Å². The minimum atomic E-state index is 0.426. The van der Waals surface area contributed by atoms with E-state index in [1.807, 2.05) is 12.1 Å². The molecule has 1 N–H and O–H groups in total. The Morgan fingerprint density at radius 3 is 2.80 bits per heavy atom. The van der Waals surface area contributed by atoms with Crippen molar-refractivity contribution in [3.05, 3.63) is 21.8 Å². The number of aromatic nitrogens is 2. The second kappa shape index (κ2) is 6.37. The van der Waals surface area contributed by atoms with Crippen molar-refractivity contribution in [2.24, 2.45) is 0 Å². The van der Waals surface area contributed by atoms with E-state index < -0.39 is 0 Å². The Balaban J connectivity index is 1.66. The first-order valence-electron chi connectivity index (χ1n) is 7.09. The van der Waals surface area contributed by atoms with Gasteiger partial charge in [-0.3, -0.25) is 0 Å². The Bertz CT molecular complexity index is 560. The Kier molecular flexibility index (Phi) is 4.53. The van der Waals surface area contributed by atoms with E-state index in [1.54, 1.807) is 11.3 Å². The molecule has 0 saturated heterocycles. The Morgan fingerprint density at radius 2 is 2.15 bits per heavy atom. The first-order valence-corrected chi connectivity index (χ1v) is 8.70. The fourth-order valence-corrected chi connectivity index (χ4v) is 4.08. The highest BCUT2D eigenvalue weighted by molar-refractivity contribution is 9.11. The van der Waals surface area contributed by atoms with Crippen LogP contribution in [0.4, 0.5) is 0 Å². The van der Waals surface area contributed by atoms with Crippen LogP contribution in [0.5, 0.6) is 0 Å². The molecule has 0 bridgehead atoms. The summed E-state index contributed by atoms with van der Waals surface area (Å²) in [6.07, 6.45) is 4.66. The van der Waals surface area contributed by atoms with Crippen LogP contribution in [0.25, 0.3) is 10.7 Å². The average molecular weight is 356 g/mol. The zero-order valence-corrected chi connectivity index (χ0v) is 13.8. The Hall–Kier alpha value is -0.720. The average Bonchev–Trinajstić information content (AvgIpc) is 3.09. The third kappa shape index (κ3) is 3.13. The van der Waals surface area contributed by atoms with Crippen LogP contribution in [0.2, 0.25) is 0 Å². The smallest absolute Gasteiger partial charge is 0.230 e. The summed E-state index contributed by atoms with van der Waals surface area (Å²) in [5.74, 6) is 1.94. The van der Waals surface area contributed by atoms with Gasteiger partial charge in [-0.25, -0.2) is 0 Å². The summed E-state index contributed by atoms with van der Waals surface area (Å²) in [5.41, 5.74) is 0. The normalized spacial score (nSPS) is 23.1. The molecule has 4 nitrogen and oxygen atoms in total. The van der Waals surface area contributed by atoms with E-state index in [0.29, 0.717) is 17.8 Å². The topological polar surface area (TPSA) is 51.0 Å². The third-order valence-electron chi connectivity index (χ3n) is 3.80. The van der Waals surface area contributed by atoms with E-state index in [4.69, 9.17) is 4.52 Å². The number of hydrogen-bond donors (Lipinski definition) is 1. The summed E-state index contributed by atoms with van der Waals surface area (Å²) in [4.78, 5) is 5.63. The number of halogens is 1. The first-order chi connectivity index (χ1) is 9.76. The SMILES string of the molecule is CCNC1CCC(c2nc(-c3ccc(Br)s3)no2)CC1. The number of hydrogen-bond acceptors (Lipinski definition) is 5. The molecule has 0 radical (unpaired) electrons. The largest absolute Gasteiger partial charge is 0.339 e. The lowest BCUT2D eigenvalue weighted by Gasteiger charge is -2.26. The molecular weight excluding hydrogens is 338 g/mol. The Labute approximate surface area is 131 Å². The van der Waals surface area contributed by atoms with Gasteiger partial charge in [0, 0.05) is 12.0 Å². The molecule has 1 aliphatic rings. The molecule has 0 spiro atoms. The van der Waals surface area contributed by atoms with Gasteiger partial charge in [-0.15, -0.1) is 11.3 Å². The molecule has 0 atom stereocenters. The van der Waals surface area contributed by atoms with Crippen molar-refractivity contribution in [3.8, 4) is 10.7 Å². The van der Waals surface area contributed by atoms with Gasteiger partial charge >= 0.3 is 0 Å². The molecule has 20 heavy (non-hydrogen) atoms. The lowest BCUT2D eigenvalue weighted by Crippen LogP contribution is -2.32. The van der Waals surface area contributed by atoms with Crippen LogP contribution in [-0.4, -0.2) is 22.7 Å². The lowest BCUT2D eigenvalue weighted by molar-refractivity contribution is 0.285. The summed E-state index contributed by atoms with van der Waals surface area (Å²) in [7, 11) is 0. The first kappa shape index (κ1) is 14.2. The highest BCUT2D eigenvalue weighted by atomic mass is 79.9. The van der Waals surface area contributed by atoms with Crippen molar-refractivity contribution < 1.29 is 4.52 Å². The van der Waals surface area contributed by atoms with E-state index in [0.717, 1.165) is 33.9 Å². The van der Waals surface area contributed by atoms with E-state index in [9.17, 15) is 0 Å². The summed E-state index contributed by atoms with van der Waals surface area (Å²) in [6, 6.07) is 4.69. The maximum atomic E-state index is 5.47. The fourth-order valence-electron chi connectivity index (χ4n) is 2.77. The fraction of sp³-hybridized carbons (Fsp3) is 0.571. The molecule has 6 heteroatoms. The maximum absolute atomic E-state index is 5.47. The second-order valence-electron chi connectivity index (χ2n) is 5.17. The van der Waals surface area contributed by atoms with Crippen molar-refractivity contribution in [2.45, 2.75) is 44.6 Å². The molecule has 1 saturated carbocycles. The van der Waals surface area contributed by atoms with E-state index in [1.165, 1.54) is 12.8 Å². The molecule has 2 aromatic rings. The van der Waals surface area contributed by atoms with Crippen molar-refractivity contribution in [3.63, 3.8) is 0 Å². The minimum Gasteiger partial charge on any atom is -0.339 e. The maximum Gasteiger partial charge on any atom is 0.230 e. The molecule has 2 heterocycles. The van der Waals surface area contributed by atoms with Gasteiger partial charge in [-0.2, -0.15) is 4.98 Å². The predicted molar refractivity (Wildman–Crippen MR) is 84.0 cm³/mol. The lowest BCUT2D eigenvalue weighted by atomic mass is 9.86. The van der Waals surface area contributed by atoms with Crippen LogP contribution >= 0.6 is 27.3 Å². The number of nitrogens with one attached hydrogen (secondary N) is 1. The minimum absolute atomic E-state index is 0.426. The van der Waals surface area contributed by atoms with Gasteiger partial charge in [0.25, 0.3) is 0 Å². The zero-order valence-electron chi connectivity index (χ0n) is 11.4. The molecule has 2 aromatic heterocycles. The van der Waals surface area contributed by atoms with Crippen LogP contribution in [0.1, 0.15) is 44.4 Å². The zero-order chi connectivity index (χ0) is 13.9. The highest BCUT2D eigenvalue weighted by Gasteiger charge is 2.26. The van der Waals surface area contributed by atoms with Crippen molar-refractivity contribution >= 4 is 27.3 Å². The second-order valence-corrected chi connectivity index (χ2v) is 7.63. The molecular formula is C14H18BrN3OS. The van der Waals surface area contributed by atoms with Gasteiger partial charge in [0.05, 0.1) is 8.66 Å². The van der Waals surface area contributed by atoms with Gasteiger partial charge in [-0.05, 0) is 60.3 Å². The third-order valence-corrected chi connectivity index (χ3v) is 5.42. The van der Waals surface area contributed by atoms with Gasteiger partial charge in [-0.1, -0.05) is 12.1 Å². The molecule has 0 unspecified atom stereocenters. The predicted octanol–water partition coefficient (Wildman–Crippen LogP) is 4.20. The molecule has 0 aromatic carbocycles. The molecule has 0 amide bonds. The van der Waals surface area contributed by atoms with Gasteiger partial charge in [0.1, 0.15) is 0 Å². The quantitative estimate of drug-likeness (QED) is 0.892. The van der Waals surface area contributed by atoms with Crippen LogP contribution in [-0.2, 0) is 0 Å². The van der Waals surface area contributed by atoms with Crippen LogP contribution in [0, 0.1) is 0 Å². The monoisotopic (exact) mass is 355 g/mol. The van der Waals surface area contributed by atoms with Crippen LogP contribution in [0.3, 0.4) is 0 Å². The summed E-state index contributed by atoms with van der Waals surface area (Å²) >= 11 is 5.09. The van der Waals surface area contributed by atoms with Crippen LogP contribution < -0.4 is 5.32 Å². The molecule has 1 aliphatic carbocycles. The number of nitrogens with zero attached hydrogens (tertiary/aromatic N) is 2. The highest BCUT2D eigenvalue weighted by Crippen LogP contribution is 2.34. The molecule has 108 valence electrons. The van der Waals surface area contributed by atoms with E-state index in [-0.39, 0.29) is 0 Å². The van der Waals surface area contributed by atoms with Gasteiger partial charge in [0.15, 0.2) is 0 Å². The van der Waals surface area contributed by atoms with E-state index in [2.05, 4.69) is 38.3 Å². The molecule has 1 fully saturated rings. The van der Waals surface area contributed by atoms with Gasteiger partial charge < -0.3 is 9.84 Å². The summed E-state index contributed by atoms with van der Waals surface area (Å²) in [6.45, 7) is 3.21. The number of rotatable bonds is 4. The molecule has 3 rings (SSSR count). The standard InChI is InChI=1S/C14H18BrN3OS/c1-2-16-10-5-3-9(4-6-10)14-17-13(18-19-14)11-7-8-12(15)20-11/h7-10,16H,2-6H2,1H3. The summed E-state index contributed by atoms with van der Waals surface area (Å²) < 4.78 is 6.56. The number of thiophene rings is 1. The summed E-state index contributed by atoms with van der Waals surface area (Å²) in [5, 5.41) is 7.64. The van der Waals surface area contributed by atoms with Crippen molar-refractivity contribution in [2.75, 3.05) is 6.54 Å². The van der Waals surface area contributed by atoms with Crippen LogP contribution in [0.15, 0.2) is 20.4 Å².